The van der Waals surface area contributed by atoms with Crippen LogP contribution in [0.3, 0.4) is 0 Å². The zero-order chi connectivity index (χ0) is 26.3. The van der Waals surface area contributed by atoms with E-state index < -0.39 is 23.1 Å². The van der Waals surface area contributed by atoms with Crippen LogP contribution in [0.5, 0.6) is 5.75 Å². The minimum absolute atomic E-state index is 0.0152. The third kappa shape index (κ3) is 16.8. The lowest BCUT2D eigenvalue weighted by molar-refractivity contribution is -0.160. The Morgan fingerprint density at radius 3 is 2.14 bits per heavy atom. The second-order valence-electron chi connectivity index (χ2n) is 10.1. The van der Waals surface area contributed by atoms with Crippen LogP contribution in [0, 0.1) is 5.82 Å². The molecule has 0 unspecified atom stereocenters. The van der Waals surface area contributed by atoms with Gasteiger partial charge < -0.3 is 29.0 Å². The van der Waals surface area contributed by atoms with Crippen molar-refractivity contribution in [3.05, 3.63) is 29.6 Å². The van der Waals surface area contributed by atoms with E-state index in [1.807, 2.05) is 20.8 Å². The van der Waals surface area contributed by atoms with Gasteiger partial charge in [0.1, 0.15) is 29.4 Å². The van der Waals surface area contributed by atoms with Crippen LogP contribution >= 0.6 is 0 Å². The molecule has 0 atom stereocenters. The number of alkyl carbamates (subject to hydrolysis) is 1. The fraction of sp³-hybridized carbons (Fsp3) is 0.692. The molecule has 1 rings (SSSR count). The molecule has 0 saturated carbocycles. The van der Waals surface area contributed by atoms with Crippen LogP contribution in [0.1, 0.15) is 72.8 Å². The first-order valence-electron chi connectivity index (χ1n) is 12.1. The summed E-state index contributed by atoms with van der Waals surface area (Å²) in [7, 11) is 0. The number of amides is 1. The Bertz CT molecular complexity index is 772. The summed E-state index contributed by atoms with van der Waals surface area (Å²) >= 11 is 0. The number of hydrogen-bond acceptors (Lipinski definition) is 7. The van der Waals surface area contributed by atoms with Crippen molar-refractivity contribution >= 4 is 12.1 Å². The molecule has 0 aliphatic carbocycles. The molecule has 1 amide bonds. The molecule has 0 aromatic heterocycles. The molecule has 9 heteroatoms. The quantitative estimate of drug-likeness (QED) is 0.263. The van der Waals surface area contributed by atoms with E-state index in [0.29, 0.717) is 44.2 Å². The highest BCUT2D eigenvalue weighted by Crippen LogP contribution is 2.18. The Morgan fingerprint density at radius 1 is 0.829 bits per heavy atom. The summed E-state index contributed by atoms with van der Waals surface area (Å²) in [6.07, 6.45) is 2.78. The average molecular weight is 500 g/mol. The summed E-state index contributed by atoms with van der Waals surface area (Å²) in [6, 6.07) is 4.48. The highest BCUT2D eigenvalue weighted by Gasteiger charge is 2.17. The van der Waals surface area contributed by atoms with Gasteiger partial charge in [-0.2, -0.15) is 0 Å². The Labute approximate surface area is 208 Å². The number of nitrogens with one attached hydrogen (secondary N) is 1. The minimum atomic E-state index is -0.615. The molecule has 0 fully saturated rings. The third-order valence-electron chi connectivity index (χ3n) is 4.26. The smallest absolute Gasteiger partial charge is 0.407 e. The van der Waals surface area contributed by atoms with E-state index in [4.69, 9.17) is 23.7 Å². The Kier molecular flexibility index (Phi) is 13.6. The van der Waals surface area contributed by atoms with E-state index in [0.717, 1.165) is 19.3 Å². The van der Waals surface area contributed by atoms with Crippen molar-refractivity contribution in [2.45, 2.75) is 85.0 Å². The predicted molar refractivity (Wildman–Crippen MR) is 131 cm³/mol. The van der Waals surface area contributed by atoms with Crippen LogP contribution in [0.15, 0.2) is 18.2 Å². The molecule has 1 N–H and O–H groups in total. The highest BCUT2D eigenvalue weighted by atomic mass is 19.1. The molecular formula is C26H42FNO7. The number of ether oxygens (including phenoxy) is 5. The van der Waals surface area contributed by atoms with E-state index in [1.165, 1.54) is 6.07 Å². The number of rotatable bonds is 15. The first-order valence-corrected chi connectivity index (χ1v) is 12.1. The summed E-state index contributed by atoms with van der Waals surface area (Å²) in [4.78, 5) is 23.3. The van der Waals surface area contributed by atoms with Crippen LogP contribution in [0.4, 0.5) is 9.18 Å². The molecule has 35 heavy (non-hydrogen) atoms. The van der Waals surface area contributed by atoms with Gasteiger partial charge in [-0.15, -0.1) is 0 Å². The number of hydrogen-bond donors (Lipinski definition) is 1. The molecule has 0 heterocycles. The van der Waals surface area contributed by atoms with Crippen molar-refractivity contribution in [3.63, 3.8) is 0 Å². The van der Waals surface area contributed by atoms with Gasteiger partial charge in [0.2, 0.25) is 0 Å². The summed E-state index contributed by atoms with van der Waals surface area (Å²) in [6.45, 7) is 12.9. The van der Waals surface area contributed by atoms with E-state index in [2.05, 4.69) is 5.32 Å². The fourth-order valence-corrected chi connectivity index (χ4v) is 2.82. The van der Waals surface area contributed by atoms with Crippen LogP contribution in [0.2, 0.25) is 0 Å². The van der Waals surface area contributed by atoms with Crippen molar-refractivity contribution in [2.75, 3.05) is 33.0 Å². The van der Waals surface area contributed by atoms with E-state index in [-0.39, 0.29) is 19.1 Å². The van der Waals surface area contributed by atoms with Crippen molar-refractivity contribution < 1.29 is 37.7 Å². The second kappa shape index (κ2) is 15.6. The first kappa shape index (κ1) is 30.6. The standard InChI is InChI=1S/C26H42FNO7/c1-25(2,3)34-23(29)19-32-15-10-14-31-13-8-7-9-16-33-21-11-12-22(27)20(17-21)18-28-24(30)35-26(4,5)6/h11-12,17H,7-10,13-16,18-19H2,1-6H3,(H,28,30). The first-order chi connectivity index (χ1) is 16.4. The second-order valence-corrected chi connectivity index (χ2v) is 10.1. The van der Waals surface area contributed by atoms with Crippen LogP contribution in [0.25, 0.3) is 0 Å². The lowest BCUT2D eigenvalue weighted by Gasteiger charge is -2.19. The third-order valence-corrected chi connectivity index (χ3v) is 4.26. The Hall–Kier alpha value is -2.39. The number of halogens is 1. The summed E-state index contributed by atoms with van der Waals surface area (Å²) < 4.78 is 40.9. The zero-order valence-electron chi connectivity index (χ0n) is 22.0. The van der Waals surface area contributed by atoms with E-state index in [9.17, 15) is 14.0 Å². The van der Waals surface area contributed by atoms with Gasteiger partial charge in [-0.3, -0.25) is 0 Å². The topological polar surface area (TPSA) is 92.3 Å². The number of esters is 1. The van der Waals surface area contributed by atoms with Gasteiger partial charge in [-0.25, -0.2) is 14.0 Å². The largest absolute Gasteiger partial charge is 0.494 e. The Morgan fingerprint density at radius 2 is 1.46 bits per heavy atom. The van der Waals surface area contributed by atoms with Gasteiger partial charge in [0.15, 0.2) is 0 Å². The van der Waals surface area contributed by atoms with E-state index in [1.54, 1.807) is 32.9 Å². The monoisotopic (exact) mass is 499 g/mol. The van der Waals surface area contributed by atoms with E-state index >= 15 is 0 Å². The summed E-state index contributed by atoms with van der Waals surface area (Å²) in [5.41, 5.74) is -0.787. The lowest BCUT2D eigenvalue weighted by Crippen LogP contribution is -2.32. The van der Waals surface area contributed by atoms with Crippen LogP contribution in [-0.2, 0) is 30.3 Å². The number of carbonyl (C=O) groups is 2. The van der Waals surface area contributed by atoms with Crippen molar-refractivity contribution in [1.29, 1.82) is 0 Å². The Balaban J connectivity index is 2.09. The average Bonchev–Trinajstić information content (AvgIpc) is 2.72. The van der Waals surface area contributed by atoms with Crippen LogP contribution in [-0.4, -0.2) is 56.3 Å². The lowest BCUT2D eigenvalue weighted by atomic mass is 10.2. The zero-order valence-corrected chi connectivity index (χ0v) is 22.0. The SMILES string of the molecule is CC(C)(C)OC(=O)COCCCOCCCCCOc1ccc(F)c(CNC(=O)OC(C)(C)C)c1. The maximum absolute atomic E-state index is 14.0. The molecule has 1 aromatic carbocycles. The number of carbonyl (C=O) groups excluding carboxylic acids is 2. The molecule has 0 spiro atoms. The molecule has 0 aliphatic rings. The van der Waals surface area contributed by atoms with Gasteiger partial charge in [0, 0.05) is 31.9 Å². The fourth-order valence-electron chi connectivity index (χ4n) is 2.82. The van der Waals surface area contributed by atoms with Crippen molar-refractivity contribution in [2.24, 2.45) is 0 Å². The number of benzene rings is 1. The maximum Gasteiger partial charge on any atom is 0.407 e. The van der Waals surface area contributed by atoms with Crippen molar-refractivity contribution in [1.82, 2.24) is 5.32 Å². The summed E-state index contributed by atoms with van der Waals surface area (Å²) in [5, 5.41) is 2.55. The van der Waals surface area contributed by atoms with Gasteiger partial charge in [-0.05, 0) is 85.4 Å². The molecule has 0 saturated heterocycles. The van der Waals surface area contributed by atoms with Gasteiger partial charge in [-0.1, -0.05) is 0 Å². The van der Waals surface area contributed by atoms with Crippen molar-refractivity contribution in [3.8, 4) is 5.75 Å². The van der Waals surface area contributed by atoms with Crippen LogP contribution < -0.4 is 10.1 Å². The number of unbranched alkanes of at least 4 members (excludes halogenated alkanes) is 2. The van der Waals surface area contributed by atoms with Gasteiger partial charge in [0.05, 0.1) is 6.61 Å². The maximum atomic E-state index is 14.0. The summed E-state index contributed by atoms with van der Waals surface area (Å²) in [5.74, 6) is -0.231. The minimum Gasteiger partial charge on any atom is -0.494 e. The predicted octanol–water partition coefficient (Wildman–Crippen LogP) is 5.16. The molecular weight excluding hydrogens is 457 g/mol. The molecule has 1 aromatic rings. The molecule has 8 nitrogen and oxygen atoms in total. The van der Waals surface area contributed by atoms with Gasteiger partial charge in [0.25, 0.3) is 0 Å². The van der Waals surface area contributed by atoms with Gasteiger partial charge >= 0.3 is 12.1 Å². The molecule has 200 valence electrons. The molecule has 0 bridgehead atoms. The molecule has 0 aliphatic heterocycles. The molecule has 0 radical (unpaired) electrons. The normalized spacial score (nSPS) is 11.7. The highest BCUT2D eigenvalue weighted by molar-refractivity contribution is 5.71.